The minimum atomic E-state index is 0.150. The lowest BCUT2D eigenvalue weighted by Gasteiger charge is -2.23. The molecular formula is C10H19N2O. The summed E-state index contributed by atoms with van der Waals surface area (Å²) < 4.78 is 0. The Kier molecular flexibility index (Phi) is 4.22. The fraction of sp³-hybridized carbons (Fsp3) is 0.800. The molecule has 3 nitrogen and oxygen atoms in total. The van der Waals surface area contributed by atoms with Crippen LogP contribution in [0, 0.1) is 6.42 Å². The highest BCUT2D eigenvalue weighted by Gasteiger charge is 2.15. The van der Waals surface area contributed by atoms with E-state index in [9.17, 15) is 4.79 Å². The molecule has 0 aromatic rings. The molecule has 0 aromatic heterocycles. The number of carbonyl (C=O) groups is 1. The van der Waals surface area contributed by atoms with Gasteiger partial charge in [-0.3, -0.25) is 4.79 Å². The Balaban J connectivity index is 2.18. The van der Waals surface area contributed by atoms with Crippen molar-refractivity contribution in [3.63, 3.8) is 0 Å². The van der Waals surface area contributed by atoms with E-state index in [2.05, 4.69) is 11.7 Å². The highest BCUT2D eigenvalue weighted by atomic mass is 16.2. The van der Waals surface area contributed by atoms with Crippen molar-refractivity contribution in [3.05, 3.63) is 6.42 Å². The number of amides is 1. The van der Waals surface area contributed by atoms with Gasteiger partial charge in [0, 0.05) is 6.04 Å². The third kappa shape index (κ3) is 4.27. The minimum absolute atomic E-state index is 0.150. The molecule has 0 atom stereocenters. The number of nitrogens with zero attached hydrogens (tertiary/aromatic N) is 1. The van der Waals surface area contributed by atoms with Gasteiger partial charge in [-0.1, -0.05) is 0 Å². The molecule has 1 fully saturated rings. The molecule has 75 valence electrons. The summed E-state index contributed by atoms with van der Waals surface area (Å²) in [6.07, 6.45) is 6.81. The maximum atomic E-state index is 11.4. The molecule has 1 N–H and O–H groups in total. The molecular weight excluding hydrogens is 164 g/mol. The van der Waals surface area contributed by atoms with E-state index in [1.165, 1.54) is 0 Å². The van der Waals surface area contributed by atoms with Gasteiger partial charge in [-0.25, -0.2) is 0 Å². The summed E-state index contributed by atoms with van der Waals surface area (Å²) in [5, 5.41) is 3.05. The van der Waals surface area contributed by atoms with Crippen LogP contribution in [-0.2, 0) is 4.79 Å². The van der Waals surface area contributed by atoms with Crippen LogP contribution in [0.4, 0.5) is 0 Å². The van der Waals surface area contributed by atoms with E-state index in [1.54, 1.807) is 0 Å². The molecule has 0 bridgehead atoms. The van der Waals surface area contributed by atoms with Gasteiger partial charge in [-0.2, -0.15) is 0 Å². The van der Waals surface area contributed by atoms with Crippen LogP contribution in [0.25, 0.3) is 0 Å². The normalized spacial score (nSPS) is 19.0. The first-order chi connectivity index (χ1) is 6.18. The van der Waals surface area contributed by atoms with Gasteiger partial charge in [0.1, 0.15) is 0 Å². The first-order valence-corrected chi connectivity index (χ1v) is 4.94. The van der Waals surface area contributed by atoms with Crippen molar-refractivity contribution in [2.75, 3.05) is 20.6 Å². The minimum Gasteiger partial charge on any atom is -0.352 e. The number of carbonyl (C=O) groups excluding carboxylic acids is 1. The van der Waals surface area contributed by atoms with E-state index in [1.807, 2.05) is 19.0 Å². The maximum absolute atomic E-state index is 11.4. The standard InChI is InChI=1S/C10H19N2O/c1-12(2)8-10(13)11-9-6-4-3-5-7-9/h3,9H,4-8H2,1-2H3,(H,11,13). The molecule has 13 heavy (non-hydrogen) atoms. The van der Waals surface area contributed by atoms with Crippen molar-refractivity contribution in [1.82, 2.24) is 10.2 Å². The predicted molar refractivity (Wildman–Crippen MR) is 53.3 cm³/mol. The van der Waals surface area contributed by atoms with Gasteiger partial charge in [0.25, 0.3) is 0 Å². The summed E-state index contributed by atoms with van der Waals surface area (Å²) in [6.45, 7) is 0.500. The molecule has 0 unspecified atom stereocenters. The van der Waals surface area contributed by atoms with Crippen molar-refractivity contribution in [1.29, 1.82) is 0 Å². The van der Waals surface area contributed by atoms with Gasteiger partial charge in [0.15, 0.2) is 0 Å². The quantitative estimate of drug-likeness (QED) is 0.702. The lowest BCUT2D eigenvalue weighted by atomic mass is 9.95. The first kappa shape index (κ1) is 10.5. The Morgan fingerprint density at radius 3 is 2.62 bits per heavy atom. The highest BCUT2D eigenvalue weighted by molar-refractivity contribution is 5.78. The van der Waals surface area contributed by atoms with Crippen LogP contribution in [0.3, 0.4) is 0 Å². The van der Waals surface area contributed by atoms with Gasteiger partial charge in [0.2, 0.25) is 5.91 Å². The zero-order valence-corrected chi connectivity index (χ0v) is 8.55. The van der Waals surface area contributed by atoms with Crippen LogP contribution in [-0.4, -0.2) is 37.5 Å². The molecule has 1 radical (unpaired) electrons. The lowest BCUT2D eigenvalue weighted by Crippen LogP contribution is -2.40. The van der Waals surface area contributed by atoms with Gasteiger partial charge in [-0.15, -0.1) is 0 Å². The monoisotopic (exact) mass is 183 g/mol. The highest BCUT2D eigenvalue weighted by Crippen LogP contribution is 2.16. The Labute approximate surface area is 80.5 Å². The van der Waals surface area contributed by atoms with E-state index >= 15 is 0 Å². The van der Waals surface area contributed by atoms with Crippen LogP contribution < -0.4 is 5.32 Å². The fourth-order valence-electron chi connectivity index (χ4n) is 1.63. The van der Waals surface area contributed by atoms with E-state index in [4.69, 9.17) is 0 Å². The molecule has 3 heteroatoms. The van der Waals surface area contributed by atoms with E-state index in [0.717, 1.165) is 25.7 Å². The van der Waals surface area contributed by atoms with E-state index in [0.29, 0.717) is 12.6 Å². The zero-order chi connectivity index (χ0) is 9.68. The molecule has 0 aliphatic heterocycles. The molecule has 1 aliphatic rings. The first-order valence-electron chi connectivity index (χ1n) is 4.94. The second-order valence-electron chi connectivity index (χ2n) is 3.95. The van der Waals surface area contributed by atoms with Crippen LogP contribution in [0.5, 0.6) is 0 Å². The second kappa shape index (κ2) is 5.22. The molecule has 1 aliphatic carbocycles. The topological polar surface area (TPSA) is 32.3 Å². The number of likely N-dealkylation sites (N-methyl/N-ethyl adjacent to an activating group) is 1. The van der Waals surface area contributed by atoms with Crippen LogP contribution in [0.1, 0.15) is 25.7 Å². The number of rotatable bonds is 3. The Hall–Kier alpha value is -0.570. The molecule has 1 saturated carbocycles. The molecule has 0 spiro atoms. The molecule has 0 saturated heterocycles. The third-order valence-corrected chi connectivity index (χ3v) is 2.26. The van der Waals surface area contributed by atoms with Crippen molar-refractivity contribution in [2.45, 2.75) is 31.7 Å². The lowest BCUT2D eigenvalue weighted by molar-refractivity contribution is -0.122. The maximum Gasteiger partial charge on any atom is 0.234 e. The smallest absolute Gasteiger partial charge is 0.234 e. The molecule has 0 aromatic carbocycles. The zero-order valence-electron chi connectivity index (χ0n) is 8.55. The molecule has 0 heterocycles. The third-order valence-electron chi connectivity index (χ3n) is 2.26. The summed E-state index contributed by atoms with van der Waals surface area (Å²) >= 11 is 0. The summed E-state index contributed by atoms with van der Waals surface area (Å²) in [5.41, 5.74) is 0. The number of nitrogens with one attached hydrogen (secondary N) is 1. The van der Waals surface area contributed by atoms with Crippen molar-refractivity contribution in [2.24, 2.45) is 0 Å². The average molecular weight is 183 g/mol. The largest absolute Gasteiger partial charge is 0.352 e. The summed E-state index contributed by atoms with van der Waals surface area (Å²) in [6, 6.07) is 0.414. The number of hydrogen-bond acceptors (Lipinski definition) is 2. The summed E-state index contributed by atoms with van der Waals surface area (Å²) in [4.78, 5) is 13.3. The molecule has 1 amide bonds. The van der Waals surface area contributed by atoms with Crippen molar-refractivity contribution in [3.8, 4) is 0 Å². The Morgan fingerprint density at radius 2 is 2.08 bits per heavy atom. The van der Waals surface area contributed by atoms with Crippen molar-refractivity contribution >= 4 is 5.91 Å². The fourth-order valence-corrected chi connectivity index (χ4v) is 1.63. The van der Waals surface area contributed by atoms with Crippen LogP contribution >= 0.6 is 0 Å². The Morgan fingerprint density at radius 1 is 1.46 bits per heavy atom. The molecule has 1 rings (SSSR count). The van der Waals surface area contributed by atoms with Gasteiger partial charge >= 0.3 is 0 Å². The van der Waals surface area contributed by atoms with Gasteiger partial charge in [-0.05, 0) is 46.2 Å². The average Bonchev–Trinajstić information content (AvgIpc) is 2.04. The van der Waals surface area contributed by atoms with Crippen LogP contribution in [0.2, 0.25) is 0 Å². The van der Waals surface area contributed by atoms with E-state index in [-0.39, 0.29) is 5.91 Å². The van der Waals surface area contributed by atoms with Crippen LogP contribution in [0.15, 0.2) is 0 Å². The SMILES string of the molecule is CN(C)CC(=O)NC1CC[CH]CC1. The Bertz CT molecular complexity index is 162. The van der Waals surface area contributed by atoms with Gasteiger partial charge in [0.05, 0.1) is 6.54 Å². The summed E-state index contributed by atoms with van der Waals surface area (Å²) in [7, 11) is 3.82. The van der Waals surface area contributed by atoms with Gasteiger partial charge < -0.3 is 10.2 Å². The van der Waals surface area contributed by atoms with E-state index < -0.39 is 0 Å². The van der Waals surface area contributed by atoms with Crippen molar-refractivity contribution < 1.29 is 4.79 Å². The summed E-state index contributed by atoms with van der Waals surface area (Å²) in [5.74, 6) is 0.150. The number of hydrogen-bond donors (Lipinski definition) is 1. The predicted octanol–water partition coefficient (Wildman–Crippen LogP) is 0.811. The second-order valence-corrected chi connectivity index (χ2v) is 3.95.